The Morgan fingerprint density at radius 1 is 1.28 bits per heavy atom. The summed E-state index contributed by atoms with van der Waals surface area (Å²) in [4.78, 5) is 0. The summed E-state index contributed by atoms with van der Waals surface area (Å²) in [6.07, 6.45) is 3.68. The standard InChI is InChI=1S/C14H19F2NO/c1-11(2)10-17-9-5-7-12-6-3-4-8-13(12)18-14(15)16/h3-8,11,14,17H,9-10H2,1-2H3. The Kier molecular flexibility index (Phi) is 6.36. The second kappa shape index (κ2) is 7.82. The Balaban J connectivity index is 2.52. The van der Waals surface area contributed by atoms with Crippen LogP contribution in [0.5, 0.6) is 5.75 Å². The van der Waals surface area contributed by atoms with Crippen LogP contribution in [-0.2, 0) is 0 Å². The highest BCUT2D eigenvalue weighted by Gasteiger charge is 2.06. The van der Waals surface area contributed by atoms with Crippen molar-refractivity contribution < 1.29 is 13.5 Å². The lowest BCUT2D eigenvalue weighted by atomic mass is 10.2. The van der Waals surface area contributed by atoms with Gasteiger partial charge in [-0.15, -0.1) is 0 Å². The number of hydrogen-bond donors (Lipinski definition) is 1. The summed E-state index contributed by atoms with van der Waals surface area (Å²) < 4.78 is 28.8. The maximum atomic E-state index is 12.2. The number of benzene rings is 1. The fourth-order valence-electron chi connectivity index (χ4n) is 1.46. The zero-order valence-electron chi connectivity index (χ0n) is 10.7. The van der Waals surface area contributed by atoms with E-state index in [9.17, 15) is 8.78 Å². The van der Waals surface area contributed by atoms with Gasteiger partial charge in [-0.05, 0) is 18.5 Å². The molecule has 1 N–H and O–H groups in total. The smallest absolute Gasteiger partial charge is 0.387 e. The van der Waals surface area contributed by atoms with Crippen molar-refractivity contribution in [2.24, 2.45) is 5.92 Å². The minimum Gasteiger partial charge on any atom is -0.434 e. The van der Waals surface area contributed by atoms with E-state index in [4.69, 9.17) is 0 Å². The molecule has 0 amide bonds. The molecule has 0 aliphatic rings. The van der Waals surface area contributed by atoms with Gasteiger partial charge in [0.1, 0.15) is 5.75 Å². The van der Waals surface area contributed by atoms with Crippen molar-refractivity contribution in [3.05, 3.63) is 35.9 Å². The molecule has 0 atom stereocenters. The molecule has 1 aromatic rings. The van der Waals surface area contributed by atoms with Crippen LogP contribution in [0.3, 0.4) is 0 Å². The molecule has 0 aliphatic heterocycles. The number of hydrogen-bond acceptors (Lipinski definition) is 2. The quantitative estimate of drug-likeness (QED) is 0.752. The molecule has 18 heavy (non-hydrogen) atoms. The first-order valence-corrected chi connectivity index (χ1v) is 6.00. The van der Waals surface area contributed by atoms with E-state index in [2.05, 4.69) is 23.9 Å². The number of alkyl halides is 2. The van der Waals surface area contributed by atoms with Crippen molar-refractivity contribution >= 4 is 6.08 Å². The van der Waals surface area contributed by atoms with Gasteiger partial charge in [-0.1, -0.05) is 44.2 Å². The molecule has 0 saturated heterocycles. The summed E-state index contributed by atoms with van der Waals surface area (Å²) in [6, 6.07) is 6.75. The molecular weight excluding hydrogens is 236 g/mol. The highest BCUT2D eigenvalue weighted by atomic mass is 19.3. The third-order valence-electron chi connectivity index (χ3n) is 2.25. The van der Waals surface area contributed by atoms with E-state index in [0.717, 1.165) is 6.54 Å². The van der Waals surface area contributed by atoms with Crippen LogP contribution in [0.25, 0.3) is 6.08 Å². The Bertz CT molecular complexity index is 378. The molecular formula is C14H19F2NO. The SMILES string of the molecule is CC(C)CNCC=Cc1ccccc1OC(F)F. The number of ether oxygens (including phenoxy) is 1. The van der Waals surface area contributed by atoms with Crippen LogP contribution in [-0.4, -0.2) is 19.7 Å². The van der Waals surface area contributed by atoms with E-state index >= 15 is 0 Å². The van der Waals surface area contributed by atoms with Gasteiger partial charge in [0.15, 0.2) is 0 Å². The van der Waals surface area contributed by atoms with Crippen molar-refractivity contribution in [1.29, 1.82) is 0 Å². The lowest BCUT2D eigenvalue weighted by Crippen LogP contribution is -2.19. The summed E-state index contributed by atoms with van der Waals surface area (Å²) in [5.41, 5.74) is 0.657. The van der Waals surface area contributed by atoms with Gasteiger partial charge in [-0.25, -0.2) is 0 Å². The number of para-hydroxylation sites is 1. The zero-order valence-corrected chi connectivity index (χ0v) is 10.7. The highest BCUT2D eigenvalue weighted by Crippen LogP contribution is 2.21. The average Bonchev–Trinajstić information content (AvgIpc) is 2.29. The van der Waals surface area contributed by atoms with Crippen LogP contribution in [0.4, 0.5) is 8.78 Å². The first kappa shape index (κ1) is 14.6. The molecule has 1 rings (SSSR count). The molecule has 0 unspecified atom stereocenters. The van der Waals surface area contributed by atoms with Crippen LogP contribution in [0.15, 0.2) is 30.3 Å². The first-order chi connectivity index (χ1) is 8.59. The van der Waals surface area contributed by atoms with Crippen molar-refractivity contribution in [1.82, 2.24) is 5.32 Å². The van der Waals surface area contributed by atoms with Crippen molar-refractivity contribution in [2.75, 3.05) is 13.1 Å². The molecule has 4 heteroatoms. The van der Waals surface area contributed by atoms with E-state index in [1.807, 2.05) is 6.08 Å². The lowest BCUT2D eigenvalue weighted by molar-refractivity contribution is -0.0499. The number of halogens is 2. The maximum Gasteiger partial charge on any atom is 0.387 e. The zero-order chi connectivity index (χ0) is 13.4. The number of rotatable bonds is 7. The molecule has 1 aromatic carbocycles. The molecule has 0 bridgehead atoms. The highest BCUT2D eigenvalue weighted by molar-refractivity contribution is 5.57. The van der Waals surface area contributed by atoms with Crippen molar-refractivity contribution in [3.63, 3.8) is 0 Å². The van der Waals surface area contributed by atoms with E-state index in [-0.39, 0.29) is 5.75 Å². The van der Waals surface area contributed by atoms with Gasteiger partial charge in [0.05, 0.1) is 0 Å². The van der Waals surface area contributed by atoms with E-state index in [1.54, 1.807) is 24.3 Å². The Labute approximate surface area is 107 Å². The summed E-state index contributed by atoms with van der Waals surface area (Å²) in [6.45, 7) is 3.10. The largest absolute Gasteiger partial charge is 0.434 e. The summed E-state index contributed by atoms with van der Waals surface area (Å²) in [5, 5.41) is 3.24. The van der Waals surface area contributed by atoms with Gasteiger partial charge in [0, 0.05) is 12.1 Å². The van der Waals surface area contributed by atoms with E-state index < -0.39 is 6.61 Å². The second-order valence-corrected chi connectivity index (χ2v) is 4.37. The molecule has 0 aliphatic carbocycles. The lowest BCUT2D eigenvalue weighted by Gasteiger charge is -2.07. The van der Waals surface area contributed by atoms with Crippen LogP contribution < -0.4 is 10.1 Å². The van der Waals surface area contributed by atoms with Crippen LogP contribution in [0.2, 0.25) is 0 Å². The Morgan fingerprint density at radius 2 is 2.00 bits per heavy atom. The molecule has 100 valence electrons. The van der Waals surface area contributed by atoms with Gasteiger partial charge < -0.3 is 10.1 Å². The first-order valence-electron chi connectivity index (χ1n) is 6.00. The van der Waals surface area contributed by atoms with Gasteiger partial charge in [0.2, 0.25) is 0 Å². The molecule has 0 fully saturated rings. The predicted molar refractivity (Wildman–Crippen MR) is 69.8 cm³/mol. The van der Waals surface area contributed by atoms with Crippen molar-refractivity contribution in [3.8, 4) is 5.75 Å². The van der Waals surface area contributed by atoms with E-state index in [0.29, 0.717) is 18.0 Å². The molecule has 0 aromatic heterocycles. The summed E-state index contributed by atoms with van der Waals surface area (Å²) >= 11 is 0. The minimum absolute atomic E-state index is 0.201. The summed E-state index contributed by atoms with van der Waals surface area (Å²) in [5.74, 6) is 0.792. The summed E-state index contributed by atoms with van der Waals surface area (Å²) in [7, 11) is 0. The Morgan fingerprint density at radius 3 is 2.67 bits per heavy atom. The van der Waals surface area contributed by atoms with Gasteiger partial charge in [-0.2, -0.15) is 8.78 Å². The molecule has 0 saturated carbocycles. The topological polar surface area (TPSA) is 21.3 Å². The number of nitrogens with one attached hydrogen (secondary N) is 1. The average molecular weight is 255 g/mol. The molecule has 2 nitrogen and oxygen atoms in total. The van der Waals surface area contributed by atoms with E-state index in [1.165, 1.54) is 6.07 Å². The normalized spacial score (nSPS) is 11.7. The minimum atomic E-state index is -2.79. The van der Waals surface area contributed by atoms with Crippen molar-refractivity contribution in [2.45, 2.75) is 20.5 Å². The molecule has 0 heterocycles. The fourth-order valence-corrected chi connectivity index (χ4v) is 1.46. The van der Waals surface area contributed by atoms with Crippen LogP contribution >= 0.6 is 0 Å². The third kappa shape index (κ3) is 5.77. The third-order valence-corrected chi connectivity index (χ3v) is 2.25. The monoisotopic (exact) mass is 255 g/mol. The van der Waals surface area contributed by atoms with Gasteiger partial charge in [0.25, 0.3) is 0 Å². The van der Waals surface area contributed by atoms with Gasteiger partial charge in [-0.3, -0.25) is 0 Å². The predicted octanol–water partition coefficient (Wildman–Crippen LogP) is 3.55. The van der Waals surface area contributed by atoms with Gasteiger partial charge >= 0.3 is 6.61 Å². The Hall–Kier alpha value is -1.42. The van der Waals surface area contributed by atoms with Crippen LogP contribution in [0, 0.1) is 5.92 Å². The molecule has 0 radical (unpaired) electrons. The maximum absolute atomic E-state index is 12.2. The molecule has 0 spiro atoms. The van der Waals surface area contributed by atoms with Crippen LogP contribution in [0.1, 0.15) is 19.4 Å². The second-order valence-electron chi connectivity index (χ2n) is 4.37. The fraction of sp³-hybridized carbons (Fsp3) is 0.429.